The Hall–Kier alpha value is -1.18. The fourth-order valence-electron chi connectivity index (χ4n) is 2.38. The van der Waals surface area contributed by atoms with Crippen LogP contribution in [0.2, 0.25) is 0 Å². The minimum atomic E-state index is -3.46. The van der Waals surface area contributed by atoms with E-state index in [0.717, 1.165) is 25.1 Å². The second kappa shape index (κ2) is 6.51. The molecule has 2 N–H and O–H groups in total. The van der Waals surface area contributed by atoms with E-state index in [2.05, 4.69) is 15.0 Å². The largest absolute Gasteiger partial charge is 0.319 e. The highest BCUT2D eigenvalue weighted by atomic mass is 32.2. The molecule has 0 saturated carbocycles. The lowest BCUT2D eigenvalue weighted by atomic mass is 9.98. The Morgan fingerprint density at radius 2 is 2.05 bits per heavy atom. The van der Waals surface area contributed by atoms with E-state index in [1.807, 2.05) is 14.0 Å². The third-order valence-electron chi connectivity index (χ3n) is 3.56. The zero-order valence-corrected chi connectivity index (χ0v) is 12.8. The van der Waals surface area contributed by atoms with Crippen LogP contribution in [0.3, 0.4) is 0 Å². The molecule has 7 heteroatoms. The number of anilines is 1. The predicted octanol–water partition coefficient (Wildman–Crippen LogP) is 0.978. The fraction of sp³-hybridized carbons (Fsp3) is 0.615. The van der Waals surface area contributed by atoms with Gasteiger partial charge in [-0.25, -0.2) is 0 Å². The van der Waals surface area contributed by atoms with Gasteiger partial charge in [-0.05, 0) is 51.4 Å². The third-order valence-corrected chi connectivity index (χ3v) is 5.10. The summed E-state index contributed by atoms with van der Waals surface area (Å²) in [7, 11) is -1.54. The maximum absolute atomic E-state index is 12.3. The molecular formula is C13H22N4O2S. The zero-order valence-electron chi connectivity index (χ0n) is 12.0. The van der Waals surface area contributed by atoms with Crippen LogP contribution in [0.5, 0.6) is 0 Å². The number of piperidine rings is 1. The van der Waals surface area contributed by atoms with Crippen LogP contribution in [0.15, 0.2) is 18.3 Å². The molecule has 0 unspecified atom stereocenters. The highest BCUT2D eigenvalue weighted by Gasteiger charge is 2.27. The molecule has 0 spiro atoms. The summed E-state index contributed by atoms with van der Waals surface area (Å²) in [6, 6.07) is 3.52. The van der Waals surface area contributed by atoms with Crippen LogP contribution in [0.4, 0.5) is 5.69 Å². The Kier molecular flexibility index (Phi) is 4.95. The number of nitrogens with zero attached hydrogens (tertiary/aromatic N) is 2. The number of rotatable bonds is 5. The van der Waals surface area contributed by atoms with Crippen molar-refractivity contribution in [2.24, 2.45) is 5.92 Å². The van der Waals surface area contributed by atoms with Crippen LogP contribution in [0.1, 0.15) is 18.5 Å². The molecule has 0 aliphatic carbocycles. The van der Waals surface area contributed by atoms with Gasteiger partial charge in [-0.15, -0.1) is 0 Å². The van der Waals surface area contributed by atoms with Crippen molar-refractivity contribution >= 4 is 15.9 Å². The molecule has 1 aromatic heterocycles. The summed E-state index contributed by atoms with van der Waals surface area (Å²) in [6.45, 7) is 3.95. The third kappa shape index (κ3) is 3.91. The van der Waals surface area contributed by atoms with E-state index < -0.39 is 10.2 Å². The molecule has 20 heavy (non-hydrogen) atoms. The van der Waals surface area contributed by atoms with Gasteiger partial charge >= 0.3 is 10.2 Å². The lowest BCUT2D eigenvalue weighted by Gasteiger charge is -2.31. The lowest BCUT2D eigenvalue weighted by Crippen LogP contribution is -2.43. The maximum atomic E-state index is 12.3. The Morgan fingerprint density at radius 1 is 1.35 bits per heavy atom. The molecule has 1 fully saturated rings. The number of aryl methyl sites for hydroxylation is 1. The Labute approximate surface area is 120 Å². The quantitative estimate of drug-likeness (QED) is 0.850. The molecule has 2 rings (SSSR count). The molecule has 1 aliphatic heterocycles. The van der Waals surface area contributed by atoms with Crippen molar-refractivity contribution in [2.75, 3.05) is 31.4 Å². The van der Waals surface area contributed by atoms with Crippen molar-refractivity contribution in [2.45, 2.75) is 19.8 Å². The fourth-order valence-corrected chi connectivity index (χ4v) is 3.62. The van der Waals surface area contributed by atoms with Crippen LogP contribution < -0.4 is 10.0 Å². The van der Waals surface area contributed by atoms with Gasteiger partial charge in [0.25, 0.3) is 0 Å². The summed E-state index contributed by atoms with van der Waals surface area (Å²) in [4.78, 5) is 4.09. The van der Waals surface area contributed by atoms with Crippen LogP contribution in [0.25, 0.3) is 0 Å². The van der Waals surface area contributed by atoms with Gasteiger partial charge in [-0.1, -0.05) is 0 Å². The van der Waals surface area contributed by atoms with Crippen molar-refractivity contribution < 1.29 is 8.42 Å². The van der Waals surface area contributed by atoms with Crippen LogP contribution in [-0.2, 0) is 10.2 Å². The standard InChI is InChI=1S/C13H22N4O2S/c1-11-3-4-13(10-15-11)16-20(18,19)17-7-5-12(6-8-17)9-14-2/h3-4,10,12,14,16H,5-9H2,1-2H3. The van der Waals surface area contributed by atoms with Gasteiger partial charge < -0.3 is 5.32 Å². The number of pyridine rings is 1. The molecule has 2 heterocycles. The molecule has 0 amide bonds. The molecule has 112 valence electrons. The second-order valence-corrected chi connectivity index (χ2v) is 6.87. The molecule has 1 aliphatic rings. The van der Waals surface area contributed by atoms with Gasteiger partial charge in [-0.3, -0.25) is 9.71 Å². The highest BCUT2D eigenvalue weighted by molar-refractivity contribution is 7.90. The molecule has 0 radical (unpaired) electrons. The van der Waals surface area contributed by atoms with Crippen molar-refractivity contribution in [3.8, 4) is 0 Å². The van der Waals surface area contributed by atoms with Crippen LogP contribution in [0, 0.1) is 12.8 Å². The van der Waals surface area contributed by atoms with Crippen LogP contribution in [-0.4, -0.2) is 44.4 Å². The first-order chi connectivity index (χ1) is 9.51. The summed E-state index contributed by atoms with van der Waals surface area (Å²) < 4.78 is 28.6. The summed E-state index contributed by atoms with van der Waals surface area (Å²) in [5.41, 5.74) is 1.37. The average Bonchev–Trinajstić information content (AvgIpc) is 2.42. The Bertz CT molecular complexity index is 522. The SMILES string of the molecule is CNCC1CCN(S(=O)(=O)Nc2ccc(C)nc2)CC1. The van der Waals surface area contributed by atoms with Gasteiger partial charge in [0.05, 0.1) is 11.9 Å². The summed E-state index contributed by atoms with van der Waals surface area (Å²) >= 11 is 0. The molecule has 0 atom stereocenters. The van der Waals surface area contributed by atoms with Crippen molar-refractivity contribution in [3.05, 3.63) is 24.0 Å². The van der Waals surface area contributed by atoms with Gasteiger partial charge in [0.15, 0.2) is 0 Å². The summed E-state index contributed by atoms with van der Waals surface area (Å²) in [6.07, 6.45) is 3.34. The minimum Gasteiger partial charge on any atom is -0.319 e. The smallest absolute Gasteiger partial charge is 0.301 e. The first kappa shape index (κ1) is 15.2. The average molecular weight is 298 g/mol. The zero-order chi connectivity index (χ0) is 14.6. The highest BCUT2D eigenvalue weighted by Crippen LogP contribution is 2.20. The van der Waals surface area contributed by atoms with E-state index in [0.29, 0.717) is 24.7 Å². The van der Waals surface area contributed by atoms with Gasteiger partial charge in [-0.2, -0.15) is 12.7 Å². The van der Waals surface area contributed by atoms with E-state index in [1.165, 1.54) is 4.31 Å². The van der Waals surface area contributed by atoms with Crippen molar-refractivity contribution in [1.82, 2.24) is 14.6 Å². The van der Waals surface area contributed by atoms with E-state index in [4.69, 9.17) is 0 Å². The molecule has 1 aromatic rings. The van der Waals surface area contributed by atoms with Gasteiger partial charge in [0.2, 0.25) is 0 Å². The normalized spacial score (nSPS) is 18.1. The molecule has 6 nitrogen and oxygen atoms in total. The van der Waals surface area contributed by atoms with Gasteiger partial charge in [0.1, 0.15) is 0 Å². The van der Waals surface area contributed by atoms with E-state index in [1.54, 1.807) is 18.3 Å². The predicted molar refractivity (Wildman–Crippen MR) is 79.7 cm³/mol. The Balaban J connectivity index is 1.96. The maximum Gasteiger partial charge on any atom is 0.301 e. The lowest BCUT2D eigenvalue weighted by molar-refractivity contribution is 0.272. The number of hydrogen-bond acceptors (Lipinski definition) is 4. The molecule has 1 saturated heterocycles. The summed E-state index contributed by atoms with van der Waals surface area (Å²) in [5.74, 6) is 0.562. The van der Waals surface area contributed by atoms with Crippen molar-refractivity contribution in [3.63, 3.8) is 0 Å². The number of hydrogen-bond donors (Lipinski definition) is 2. The monoisotopic (exact) mass is 298 g/mol. The van der Waals surface area contributed by atoms with E-state index in [9.17, 15) is 8.42 Å². The number of nitrogens with one attached hydrogen (secondary N) is 2. The minimum absolute atomic E-state index is 0.507. The van der Waals surface area contributed by atoms with Crippen LogP contribution >= 0.6 is 0 Å². The van der Waals surface area contributed by atoms with Gasteiger partial charge in [0, 0.05) is 18.8 Å². The van der Waals surface area contributed by atoms with E-state index in [-0.39, 0.29) is 0 Å². The Morgan fingerprint density at radius 3 is 2.60 bits per heavy atom. The molecule has 0 aromatic carbocycles. The summed E-state index contributed by atoms with van der Waals surface area (Å²) in [5, 5.41) is 3.14. The number of aromatic nitrogens is 1. The first-order valence-corrected chi connectivity index (χ1v) is 8.30. The van der Waals surface area contributed by atoms with E-state index >= 15 is 0 Å². The molecule has 0 bridgehead atoms. The van der Waals surface area contributed by atoms with Crippen molar-refractivity contribution in [1.29, 1.82) is 0 Å². The topological polar surface area (TPSA) is 74.3 Å². The second-order valence-electron chi connectivity index (χ2n) is 5.20. The first-order valence-electron chi connectivity index (χ1n) is 6.86. The molecular weight excluding hydrogens is 276 g/mol.